The van der Waals surface area contributed by atoms with Crippen LogP contribution in [-0.2, 0) is 7.05 Å². The Hall–Kier alpha value is -3.00. The zero-order valence-corrected chi connectivity index (χ0v) is 21.8. The first kappa shape index (κ1) is 21.1. The number of pyridine rings is 2. The molecule has 0 spiro atoms. The van der Waals surface area contributed by atoms with Gasteiger partial charge in [-0.3, -0.25) is 4.98 Å². The van der Waals surface area contributed by atoms with Gasteiger partial charge in [0.05, 0.1) is 12.3 Å². The second kappa shape index (κ2) is 10.2. The molecule has 0 bridgehead atoms. The van der Waals surface area contributed by atoms with Gasteiger partial charge in [0, 0.05) is 24.0 Å². The summed E-state index contributed by atoms with van der Waals surface area (Å²) in [5.74, 6) is 1.26. The van der Waals surface area contributed by atoms with Crippen molar-refractivity contribution < 1.29 is 7.31 Å². The highest BCUT2D eigenvalue weighted by Gasteiger charge is 2.26. The highest BCUT2D eigenvalue weighted by atomic mass is 14.9. The van der Waals surface area contributed by atoms with Gasteiger partial charge < -0.3 is 0 Å². The Balaban J connectivity index is 1.59. The molecule has 2 saturated carbocycles. The average Bonchev–Trinajstić information content (AvgIpc) is 2.98. The maximum absolute atomic E-state index is 8.92. The Morgan fingerprint density at radius 3 is 2.33 bits per heavy atom. The molecule has 2 heterocycles. The van der Waals surface area contributed by atoms with Crippen molar-refractivity contribution >= 4 is 10.8 Å². The molecule has 2 fully saturated rings. The molecule has 36 heavy (non-hydrogen) atoms. The molecule has 0 N–H and O–H groups in total. The number of benzene rings is 2. The predicted octanol–water partition coefficient (Wildman–Crippen LogP) is 8.80. The van der Waals surface area contributed by atoms with Gasteiger partial charge in [0.2, 0.25) is 5.69 Å². The van der Waals surface area contributed by atoms with E-state index >= 15 is 0 Å². The van der Waals surface area contributed by atoms with E-state index in [-0.39, 0.29) is 12.2 Å². The van der Waals surface area contributed by atoms with Crippen LogP contribution >= 0.6 is 0 Å². The summed E-state index contributed by atoms with van der Waals surface area (Å²) < 4.78 is 19.8. The van der Waals surface area contributed by atoms with Gasteiger partial charge in [0.15, 0.2) is 6.17 Å². The largest absolute Gasteiger partial charge is 0.264 e. The molecule has 6 rings (SSSR count). The summed E-state index contributed by atoms with van der Waals surface area (Å²) >= 11 is 0. The summed E-state index contributed by atoms with van der Waals surface area (Å²) in [6.07, 6.45) is 17.1. The second-order valence-electron chi connectivity index (χ2n) is 11.1. The van der Waals surface area contributed by atoms with E-state index in [4.69, 9.17) is 2.74 Å². The molecular weight excluding hydrogens is 436 g/mol. The van der Waals surface area contributed by atoms with E-state index < -0.39 is 0 Å². The van der Waals surface area contributed by atoms with Crippen molar-refractivity contribution in [1.82, 2.24) is 4.98 Å². The van der Waals surface area contributed by atoms with Crippen molar-refractivity contribution in [3.8, 4) is 22.4 Å². The van der Waals surface area contributed by atoms with Crippen molar-refractivity contribution in [2.75, 3.05) is 0 Å². The topological polar surface area (TPSA) is 16.8 Å². The molecular formula is C34H39N2+. The van der Waals surface area contributed by atoms with E-state index in [1.807, 2.05) is 23.9 Å². The van der Waals surface area contributed by atoms with Crippen LogP contribution in [0.15, 0.2) is 67.1 Å². The lowest BCUT2D eigenvalue weighted by molar-refractivity contribution is -0.659. The minimum atomic E-state index is 0.262. The van der Waals surface area contributed by atoms with E-state index in [0.29, 0.717) is 11.8 Å². The standard InChI is InChI=1S/C34H39N2/c1-24-32(26-12-7-4-8-13-26)21-30(25-10-5-3-6-11-25)22-33(24)34-31-16-15-27(29-14-9-18-35-23-29)20-28(31)17-19-36(34)2/h9,14-23,25-26H,3-8,10-13H2,1-2H3/q+1/i17D,19D. The Morgan fingerprint density at radius 2 is 1.61 bits per heavy atom. The fourth-order valence-corrected chi connectivity index (χ4v) is 6.79. The molecule has 4 aromatic rings. The molecule has 0 aliphatic heterocycles. The molecule has 0 unspecified atom stereocenters. The van der Waals surface area contributed by atoms with Gasteiger partial charge in [-0.25, -0.2) is 4.57 Å². The monoisotopic (exact) mass is 477 g/mol. The fraction of sp³-hybridized carbons (Fsp3) is 0.412. The van der Waals surface area contributed by atoms with E-state index in [1.54, 1.807) is 6.20 Å². The number of nitrogens with zero attached hydrogens (tertiary/aromatic N) is 2. The lowest BCUT2D eigenvalue weighted by Gasteiger charge is -2.28. The zero-order chi connectivity index (χ0) is 26.2. The number of hydrogen-bond donors (Lipinski definition) is 0. The number of rotatable bonds is 4. The lowest BCUT2D eigenvalue weighted by Crippen LogP contribution is -2.31. The second-order valence-corrected chi connectivity index (χ2v) is 11.1. The van der Waals surface area contributed by atoms with Crippen LogP contribution in [0.2, 0.25) is 0 Å². The van der Waals surface area contributed by atoms with Crippen molar-refractivity contribution in [2.45, 2.75) is 83.0 Å². The Labute approximate surface area is 219 Å². The molecule has 2 aliphatic rings. The van der Waals surface area contributed by atoms with Crippen LogP contribution in [-0.4, -0.2) is 4.98 Å². The SMILES string of the molecule is [2H]c1c([2H])[n+](C)c(-c2cc(C3CCCCC3)cc(C3CCCCC3)c2C)c2ccc(-c3cccnc3)cc12. The molecule has 184 valence electrons. The molecule has 0 amide bonds. The minimum Gasteiger partial charge on any atom is -0.264 e. The first-order valence-electron chi connectivity index (χ1n) is 15.0. The molecule has 2 nitrogen and oxygen atoms in total. The summed E-state index contributed by atoms with van der Waals surface area (Å²) in [5, 5.41) is 1.89. The quantitative estimate of drug-likeness (QED) is 0.268. The summed E-state index contributed by atoms with van der Waals surface area (Å²) in [4.78, 5) is 4.29. The number of hydrogen-bond acceptors (Lipinski definition) is 1. The van der Waals surface area contributed by atoms with Crippen LogP contribution in [0.1, 0.15) is 95.5 Å². The van der Waals surface area contributed by atoms with Crippen LogP contribution in [0.25, 0.3) is 33.2 Å². The van der Waals surface area contributed by atoms with Gasteiger partial charge in [-0.1, -0.05) is 56.7 Å². The highest BCUT2D eigenvalue weighted by molar-refractivity contribution is 5.96. The highest BCUT2D eigenvalue weighted by Crippen LogP contribution is 2.42. The van der Waals surface area contributed by atoms with E-state index in [2.05, 4.69) is 48.3 Å². The van der Waals surface area contributed by atoms with Crippen molar-refractivity contribution in [3.05, 3.63) is 83.8 Å². The van der Waals surface area contributed by atoms with Crippen LogP contribution in [0.3, 0.4) is 0 Å². The van der Waals surface area contributed by atoms with Gasteiger partial charge >= 0.3 is 0 Å². The van der Waals surface area contributed by atoms with Crippen molar-refractivity contribution in [1.29, 1.82) is 0 Å². The normalized spacial score (nSPS) is 18.3. The third-order valence-electron chi connectivity index (χ3n) is 8.81. The zero-order valence-electron chi connectivity index (χ0n) is 23.8. The molecule has 2 heteroatoms. The van der Waals surface area contributed by atoms with Gasteiger partial charge in [0.25, 0.3) is 0 Å². The van der Waals surface area contributed by atoms with Gasteiger partial charge in [0.1, 0.15) is 8.42 Å². The molecule has 0 radical (unpaired) electrons. The molecule has 2 aromatic carbocycles. The molecule has 0 atom stereocenters. The van der Waals surface area contributed by atoms with E-state index in [0.717, 1.165) is 27.6 Å². The molecule has 0 saturated heterocycles. The van der Waals surface area contributed by atoms with Crippen molar-refractivity contribution in [2.24, 2.45) is 7.05 Å². The van der Waals surface area contributed by atoms with Crippen LogP contribution in [0, 0.1) is 6.92 Å². The summed E-state index contributed by atoms with van der Waals surface area (Å²) in [6, 6.07) is 15.7. The third-order valence-corrected chi connectivity index (χ3v) is 8.81. The third kappa shape index (κ3) is 4.47. The maximum atomic E-state index is 8.92. The predicted molar refractivity (Wildman–Crippen MR) is 150 cm³/mol. The lowest BCUT2D eigenvalue weighted by atomic mass is 9.76. The first-order chi connectivity index (χ1) is 18.5. The Kier molecular flexibility index (Phi) is 5.96. The van der Waals surface area contributed by atoms with E-state index in [9.17, 15) is 0 Å². The van der Waals surface area contributed by atoms with Gasteiger partial charge in [-0.2, -0.15) is 0 Å². The summed E-state index contributed by atoms with van der Waals surface area (Å²) in [7, 11) is 1.97. The molecule has 2 aromatic heterocycles. The smallest absolute Gasteiger partial charge is 0.220 e. The fourth-order valence-electron chi connectivity index (χ4n) is 6.79. The van der Waals surface area contributed by atoms with Crippen LogP contribution in [0.5, 0.6) is 0 Å². The maximum Gasteiger partial charge on any atom is 0.220 e. The number of aromatic nitrogens is 2. The van der Waals surface area contributed by atoms with Crippen LogP contribution in [0.4, 0.5) is 0 Å². The Morgan fingerprint density at radius 1 is 0.861 bits per heavy atom. The van der Waals surface area contributed by atoms with Crippen LogP contribution < -0.4 is 4.57 Å². The summed E-state index contributed by atoms with van der Waals surface area (Å²) in [6.45, 7) is 2.30. The molecule has 2 aliphatic carbocycles. The Bertz CT molecular complexity index is 1470. The average molecular weight is 478 g/mol. The number of fused-ring (bicyclic) bond motifs is 1. The van der Waals surface area contributed by atoms with E-state index in [1.165, 1.54) is 86.5 Å². The van der Waals surface area contributed by atoms with Gasteiger partial charge in [-0.05, 0) is 96.3 Å². The van der Waals surface area contributed by atoms with Gasteiger partial charge in [-0.15, -0.1) is 0 Å². The van der Waals surface area contributed by atoms with Crippen molar-refractivity contribution in [3.63, 3.8) is 0 Å². The first-order valence-corrected chi connectivity index (χ1v) is 14.0. The minimum absolute atomic E-state index is 0.262. The summed E-state index contributed by atoms with van der Waals surface area (Å²) in [5.41, 5.74) is 8.78.